The number of ether oxygens (including phenoxy) is 2. The maximum absolute atomic E-state index is 11.8. The van der Waals surface area contributed by atoms with Crippen molar-refractivity contribution in [1.82, 2.24) is 0 Å². The van der Waals surface area contributed by atoms with Gasteiger partial charge in [0.25, 0.3) is 0 Å². The van der Waals surface area contributed by atoms with Gasteiger partial charge in [0.05, 0.1) is 24.5 Å². The molecular formula is C16H28O5. The van der Waals surface area contributed by atoms with Crippen LogP contribution in [-0.4, -0.2) is 34.9 Å². The van der Waals surface area contributed by atoms with Crippen LogP contribution in [-0.2, 0) is 19.1 Å². The van der Waals surface area contributed by atoms with Crippen LogP contribution < -0.4 is 0 Å². The van der Waals surface area contributed by atoms with Gasteiger partial charge >= 0.3 is 11.9 Å². The average molecular weight is 300 g/mol. The molecule has 0 aliphatic carbocycles. The molecule has 0 aliphatic rings. The quantitative estimate of drug-likeness (QED) is 0.523. The predicted octanol–water partition coefficient (Wildman–Crippen LogP) is 3.18. The van der Waals surface area contributed by atoms with Gasteiger partial charge in [-0.25, -0.2) is 0 Å². The predicted molar refractivity (Wildman–Crippen MR) is 81.0 cm³/mol. The molecule has 3 atom stereocenters. The minimum Gasteiger partial charge on any atom is -0.481 e. The second kappa shape index (κ2) is 8.82. The summed E-state index contributed by atoms with van der Waals surface area (Å²) in [6.45, 7) is 12.4. The number of carboxylic acids is 1. The topological polar surface area (TPSA) is 72.8 Å². The molecule has 0 saturated carbocycles. The van der Waals surface area contributed by atoms with E-state index in [1.807, 2.05) is 6.92 Å². The summed E-state index contributed by atoms with van der Waals surface area (Å²) in [5, 5.41) is 9.28. The SMILES string of the molecule is C=CCC[C@@H](C)O[C@@H](C)[C@H](CC(=O)OC(C)(C)C)C(=O)O. The summed E-state index contributed by atoms with van der Waals surface area (Å²) < 4.78 is 10.8. The summed E-state index contributed by atoms with van der Waals surface area (Å²) in [5.41, 5.74) is -0.624. The third-order valence-corrected chi connectivity index (χ3v) is 2.91. The first kappa shape index (κ1) is 19.6. The number of carbonyl (C=O) groups excluding carboxylic acids is 1. The number of aliphatic carboxylic acids is 1. The molecule has 0 aromatic heterocycles. The molecule has 0 unspecified atom stereocenters. The highest BCUT2D eigenvalue weighted by atomic mass is 16.6. The molecular weight excluding hydrogens is 272 g/mol. The van der Waals surface area contributed by atoms with Crippen molar-refractivity contribution in [2.45, 2.75) is 71.7 Å². The molecule has 0 aliphatic heterocycles. The summed E-state index contributed by atoms with van der Waals surface area (Å²) in [6, 6.07) is 0. The van der Waals surface area contributed by atoms with Crippen molar-refractivity contribution in [3.05, 3.63) is 12.7 Å². The molecule has 0 rings (SSSR count). The lowest BCUT2D eigenvalue weighted by atomic mass is 9.99. The van der Waals surface area contributed by atoms with Gasteiger partial charge in [-0.15, -0.1) is 6.58 Å². The second-order valence-electron chi connectivity index (χ2n) is 6.25. The van der Waals surface area contributed by atoms with E-state index in [0.29, 0.717) is 0 Å². The monoisotopic (exact) mass is 300 g/mol. The summed E-state index contributed by atoms with van der Waals surface area (Å²) in [5.74, 6) is -2.49. The molecule has 0 spiro atoms. The molecule has 0 radical (unpaired) electrons. The molecule has 0 heterocycles. The van der Waals surface area contributed by atoms with Gasteiger partial charge < -0.3 is 14.6 Å². The Balaban J connectivity index is 4.56. The second-order valence-corrected chi connectivity index (χ2v) is 6.25. The normalized spacial score (nSPS) is 15.9. The van der Waals surface area contributed by atoms with E-state index >= 15 is 0 Å². The third-order valence-electron chi connectivity index (χ3n) is 2.91. The van der Waals surface area contributed by atoms with Crippen LogP contribution in [0.5, 0.6) is 0 Å². The van der Waals surface area contributed by atoms with Gasteiger partial charge in [0.1, 0.15) is 5.60 Å². The lowest BCUT2D eigenvalue weighted by Crippen LogP contribution is -2.35. The van der Waals surface area contributed by atoms with Crippen molar-refractivity contribution in [1.29, 1.82) is 0 Å². The van der Waals surface area contributed by atoms with Gasteiger partial charge in [-0.1, -0.05) is 6.08 Å². The summed E-state index contributed by atoms with van der Waals surface area (Å²) in [6.07, 6.45) is 2.53. The van der Waals surface area contributed by atoms with Gasteiger partial charge in [0, 0.05) is 0 Å². The molecule has 21 heavy (non-hydrogen) atoms. The number of carbonyl (C=O) groups is 2. The maximum atomic E-state index is 11.8. The summed E-state index contributed by atoms with van der Waals surface area (Å²) in [7, 11) is 0. The van der Waals surface area contributed by atoms with E-state index in [9.17, 15) is 14.7 Å². The number of esters is 1. The first-order chi connectivity index (χ1) is 9.56. The molecule has 122 valence electrons. The van der Waals surface area contributed by atoms with Crippen LogP contribution in [0.4, 0.5) is 0 Å². The molecule has 0 amide bonds. The Morgan fingerprint density at radius 3 is 2.29 bits per heavy atom. The van der Waals surface area contributed by atoms with Gasteiger partial charge in [-0.3, -0.25) is 9.59 Å². The number of rotatable bonds is 9. The van der Waals surface area contributed by atoms with Crippen LogP contribution >= 0.6 is 0 Å². The summed E-state index contributed by atoms with van der Waals surface area (Å²) >= 11 is 0. The Bertz CT molecular complexity index is 356. The molecule has 0 saturated heterocycles. The van der Waals surface area contributed by atoms with Gasteiger partial charge in [-0.05, 0) is 47.5 Å². The van der Waals surface area contributed by atoms with Crippen molar-refractivity contribution in [3.63, 3.8) is 0 Å². The van der Waals surface area contributed by atoms with E-state index in [0.717, 1.165) is 12.8 Å². The Morgan fingerprint density at radius 2 is 1.86 bits per heavy atom. The van der Waals surface area contributed by atoms with E-state index in [4.69, 9.17) is 9.47 Å². The first-order valence-electron chi connectivity index (χ1n) is 7.27. The Kier molecular flexibility index (Phi) is 8.25. The average Bonchev–Trinajstić information content (AvgIpc) is 2.30. The van der Waals surface area contributed by atoms with Crippen molar-refractivity contribution in [2.75, 3.05) is 0 Å². The largest absolute Gasteiger partial charge is 0.481 e. The zero-order valence-electron chi connectivity index (χ0n) is 13.7. The van der Waals surface area contributed by atoms with Crippen molar-refractivity contribution in [3.8, 4) is 0 Å². The molecule has 0 bridgehead atoms. The highest BCUT2D eigenvalue weighted by Crippen LogP contribution is 2.19. The van der Waals surface area contributed by atoms with E-state index in [-0.39, 0.29) is 12.5 Å². The number of carboxylic acid groups (broad SMARTS) is 1. The third kappa shape index (κ3) is 9.24. The van der Waals surface area contributed by atoms with Crippen LogP contribution in [0.3, 0.4) is 0 Å². The lowest BCUT2D eigenvalue weighted by Gasteiger charge is -2.25. The fourth-order valence-corrected chi connectivity index (χ4v) is 1.90. The molecule has 5 heteroatoms. The van der Waals surface area contributed by atoms with E-state index in [2.05, 4.69) is 6.58 Å². The van der Waals surface area contributed by atoms with Gasteiger partial charge in [0.2, 0.25) is 0 Å². The Labute approximate surface area is 127 Å². The zero-order valence-corrected chi connectivity index (χ0v) is 13.7. The van der Waals surface area contributed by atoms with E-state index in [1.54, 1.807) is 33.8 Å². The van der Waals surface area contributed by atoms with E-state index in [1.165, 1.54) is 0 Å². The minimum atomic E-state index is -1.05. The van der Waals surface area contributed by atoms with Crippen LogP contribution in [0, 0.1) is 5.92 Å². The fourth-order valence-electron chi connectivity index (χ4n) is 1.90. The van der Waals surface area contributed by atoms with Crippen molar-refractivity contribution < 1.29 is 24.2 Å². The standard InChI is InChI=1S/C16H28O5/c1-7-8-9-11(2)20-12(3)13(15(18)19)10-14(17)21-16(4,5)6/h7,11-13H,1,8-10H2,2-6H3,(H,18,19)/t11-,12+,13+/m1/s1. The van der Waals surface area contributed by atoms with Crippen molar-refractivity contribution >= 4 is 11.9 Å². The Morgan fingerprint density at radius 1 is 1.29 bits per heavy atom. The number of allylic oxidation sites excluding steroid dienone is 1. The highest BCUT2D eigenvalue weighted by Gasteiger charge is 2.31. The maximum Gasteiger partial charge on any atom is 0.309 e. The number of hydrogen-bond acceptors (Lipinski definition) is 4. The summed E-state index contributed by atoms with van der Waals surface area (Å²) in [4.78, 5) is 23.1. The Hall–Kier alpha value is -1.36. The first-order valence-corrected chi connectivity index (χ1v) is 7.27. The van der Waals surface area contributed by atoms with E-state index < -0.39 is 29.6 Å². The molecule has 5 nitrogen and oxygen atoms in total. The number of hydrogen-bond donors (Lipinski definition) is 1. The minimum absolute atomic E-state index is 0.0847. The molecule has 0 fully saturated rings. The zero-order chi connectivity index (χ0) is 16.6. The lowest BCUT2D eigenvalue weighted by molar-refractivity contribution is -0.164. The highest BCUT2D eigenvalue weighted by molar-refractivity contribution is 5.79. The van der Waals surface area contributed by atoms with Crippen LogP contribution in [0.2, 0.25) is 0 Å². The fraction of sp³-hybridized carbons (Fsp3) is 0.750. The smallest absolute Gasteiger partial charge is 0.309 e. The molecule has 0 aromatic rings. The van der Waals surface area contributed by atoms with Crippen LogP contribution in [0.15, 0.2) is 12.7 Å². The molecule has 1 N–H and O–H groups in total. The molecule has 0 aromatic carbocycles. The van der Waals surface area contributed by atoms with Gasteiger partial charge in [0.15, 0.2) is 0 Å². The van der Waals surface area contributed by atoms with Gasteiger partial charge in [-0.2, -0.15) is 0 Å². The van der Waals surface area contributed by atoms with Crippen LogP contribution in [0.1, 0.15) is 53.9 Å². The van der Waals surface area contributed by atoms with Crippen molar-refractivity contribution in [2.24, 2.45) is 5.92 Å². The van der Waals surface area contributed by atoms with Crippen LogP contribution in [0.25, 0.3) is 0 Å².